The number of anilines is 2. The molecule has 0 aromatic heterocycles. The predicted octanol–water partition coefficient (Wildman–Crippen LogP) is 2.75. The molecule has 100 valence electrons. The molecule has 3 N–H and O–H groups in total. The second-order valence-corrected chi connectivity index (χ2v) is 6.71. The van der Waals surface area contributed by atoms with Crippen LogP contribution in [0.5, 0.6) is 5.75 Å². The number of ether oxygens (including phenoxy) is 1. The third-order valence-corrected chi connectivity index (χ3v) is 3.42. The zero-order chi connectivity index (χ0) is 13.8. The van der Waals surface area contributed by atoms with E-state index in [2.05, 4.69) is 26.1 Å². The molecule has 0 aliphatic carbocycles. The lowest BCUT2D eigenvalue weighted by Gasteiger charge is -2.17. The summed E-state index contributed by atoms with van der Waals surface area (Å²) in [5.41, 5.74) is 6.97. The van der Waals surface area contributed by atoms with E-state index in [1.807, 2.05) is 0 Å². The number of carbonyl (C=O) groups is 1. The molecule has 18 heavy (non-hydrogen) atoms. The second kappa shape index (κ2) is 6.00. The van der Waals surface area contributed by atoms with Crippen molar-refractivity contribution in [3.8, 4) is 5.75 Å². The molecule has 1 amide bonds. The van der Waals surface area contributed by atoms with Gasteiger partial charge in [-0.2, -0.15) is 0 Å². The molecule has 5 heteroatoms. The Morgan fingerprint density at radius 2 is 2.11 bits per heavy atom. The lowest BCUT2D eigenvalue weighted by Crippen LogP contribution is -2.19. The summed E-state index contributed by atoms with van der Waals surface area (Å²) in [6.07, 6.45) is 0. The smallest absolute Gasteiger partial charge is 0.234 e. The summed E-state index contributed by atoms with van der Waals surface area (Å²) in [6, 6.07) is 5.20. The zero-order valence-electron chi connectivity index (χ0n) is 11.2. The van der Waals surface area contributed by atoms with Crippen LogP contribution in [0.2, 0.25) is 0 Å². The Hall–Kier alpha value is -1.36. The zero-order valence-corrected chi connectivity index (χ0v) is 12.1. The Morgan fingerprint density at radius 3 is 2.61 bits per heavy atom. The van der Waals surface area contributed by atoms with Crippen LogP contribution >= 0.6 is 11.8 Å². The first-order chi connectivity index (χ1) is 8.31. The number of carbonyl (C=O) groups excluding carboxylic acids is 1. The summed E-state index contributed by atoms with van der Waals surface area (Å²) >= 11 is 1.60. The third kappa shape index (κ3) is 4.87. The quantitative estimate of drug-likeness (QED) is 0.824. The second-order valence-electron chi connectivity index (χ2n) is 4.91. The van der Waals surface area contributed by atoms with Crippen LogP contribution in [-0.4, -0.2) is 23.5 Å². The summed E-state index contributed by atoms with van der Waals surface area (Å²) in [4.78, 5) is 11.7. The molecule has 0 radical (unpaired) electrons. The van der Waals surface area contributed by atoms with E-state index in [1.165, 1.54) is 0 Å². The summed E-state index contributed by atoms with van der Waals surface area (Å²) in [6.45, 7) is 6.24. The lowest BCUT2D eigenvalue weighted by molar-refractivity contribution is -0.113. The van der Waals surface area contributed by atoms with Crippen LogP contribution in [0.25, 0.3) is 0 Å². The minimum absolute atomic E-state index is 0.0282. The van der Waals surface area contributed by atoms with Crippen molar-refractivity contribution >= 4 is 29.0 Å². The molecule has 0 heterocycles. The van der Waals surface area contributed by atoms with Crippen molar-refractivity contribution in [2.75, 3.05) is 23.9 Å². The topological polar surface area (TPSA) is 64.3 Å². The third-order valence-electron chi connectivity index (χ3n) is 2.15. The van der Waals surface area contributed by atoms with Gasteiger partial charge in [0.15, 0.2) is 0 Å². The van der Waals surface area contributed by atoms with Gasteiger partial charge in [0.25, 0.3) is 0 Å². The molecule has 1 rings (SSSR count). The number of nitrogens with two attached hydrogens (primary N) is 1. The summed E-state index contributed by atoms with van der Waals surface area (Å²) in [5.74, 6) is 1.01. The van der Waals surface area contributed by atoms with Crippen LogP contribution in [0.1, 0.15) is 20.8 Å². The SMILES string of the molecule is COc1ccc(NC(=O)CSC(C)(C)C)cc1N. The number of thioether (sulfide) groups is 1. The van der Waals surface area contributed by atoms with Crippen LogP contribution < -0.4 is 15.8 Å². The van der Waals surface area contributed by atoms with Gasteiger partial charge >= 0.3 is 0 Å². The fourth-order valence-electron chi connectivity index (χ4n) is 1.29. The Morgan fingerprint density at radius 1 is 1.44 bits per heavy atom. The number of methoxy groups -OCH3 is 1. The van der Waals surface area contributed by atoms with E-state index in [0.717, 1.165) is 0 Å². The standard InChI is InChI=1S/C13H20N2O2S/c1-13(2,3)18-8-12(16)15-9-5-6-11(17-4)10(14)7-9/h5-7H,8,14H2,1-4H3,(H,15,16). The van der Waals surface area contributed by atoms with Crippen LogP contribution in [0.4, 0.5) is 11.4 Å². The maximum atomic E-state index is 11.7. The fourth-order valence-corrected chi connectivity index (χ4v) is 1.93. The van der Waals surface area contributed by atoms with E-state index in [-0.39, 0.29) is 10.7 Å². The first-order valence-corrected chi connectivity index (χ1v) is 6.68. The highest BCUT2D eigenvalue weighted by molar-refractivity contribution is 8.01. The number of nitrogen functional groups attached to an aromatic ring is 1. The average Bonchev–Trinajstić information content (AvgIpc) is 2.26. The summed E-state index contributed by atoms with van der Waals surface area (Å²) in [5, 5.41) is 2.81. The van der Waals surface area contributed by atoms with E-state index in [9.17, 15) is 4.79 Å². The van der Waals surface area contributed by atoms with Crippen molar-refractivity contribution in [2.45, 2.75) is 25.5 Å². The van der Waals surface area contributed by atoms with Crippen molar-refractivity contribution in [2.24, 2.45) is 0 Å². The first-order valence-electron chi connectivity index (χ1n) is 5.69. The Balaban J connectivity index is 2.57. The molecule has 0 bridgehead atoms. The molecule has 1 aromatic rings. The fraction of sp³-hybridized carbons (Fsp3) is 0.462. The highest BCUT2D eigenvalue weighted by atomic mass is 32.2. The first kappa shape index (κ1) is 14.7. The minimum atomic E-state index is -0.0282. The van der Waals surface area contributed by atoms with Gasteiger partial charge < -0.3 is 15.8 Å². The number of amides is 1. The Bertz CT molecular complexity index is 427. The molecule has 0 aliphatic heterocycles. The van der Waals surface area contributed by atoms with Gasteiger partial charge in [-0.25, -0.2) is 0 Å². The van der Waals surface area contributed by atoms with Crippen LogP contribution in [-0.2, 0) is 4.79 Å². The van der Waals surface area contributed by atoms with Gasteiger partial charge in [0.1, 0.15) is 5.75 Å². The highest BCUT2D eigenvalue weighted by Crippen LogP contribution is 2.26. The molecule has 0 atom stereocenters. The van der Waals surface area contributed by atoms with E-state index in [4.69, 9.17) is 10.5 Å². The number of hydrogen-bond acceptors (Lipinski definition) is 4. The van der Waals surface area contributed by atoms with Crippen LogP contribution in [0.3, 0.4) is 0 Å². The van der Waals surface area contributed by atoms with Gasteiger partial charge in [0, 0.05) is 10.4 Å². The minimum Gasteiger partial charge on any atom is -0.495 e. The lowest BCUT2D eigenvalue weighted by atomic mass is 10.2. The normalized spacial score (nSPS) is 11.1. The van der Waals surface area contributed by atoms with Crippen LogP contribution in [0.15, 0.2) is 18.2 Å². The Kier molecular flexibility index (Phi) is 4.90. The molecule has 0 unspecified atom stereocenters. The van der Waals surface area contributed by atoms with E-state index < -0.39 is 0 Å². The van der Waals surface area contributed by atoms with Crippen molar-refractivity contribution in [3.05, 3.63) is 18.2 Å². The molecule has 0 saturated carbocycles. The van der Waals surface area contributed by atoms with Gasteiger partial charge in [0.2, 0.25) is 5.91 Å². The van der Waals surface area contributed by atoms with E-state index >= 15 is 0 Å². The van der Waals surface area contributed by atoms with Crippen molar-refractivity contribution < 1.29 is 9.53 Å². The van der Waals surface area contributed by atoms with Gasteiger partial charge in [-0.05, 0) is 18.2 Å². The van der Waals surface area contributed by atoms with Gasteiger partial charge in [-0.1, -0.05) is 20.8 Å². The molecular formula is C13H20N2O2S. The van der Waals surface area contributed by atoms with E-state index in [1.54, 1.807) is 37.1 Å². The number of benzene rings is 1. The summed E-state index contributed by atoms with van der Waals surface area (Å²) < 4.78 is 5.13. The monoisotopic (exact) mass is 268 g/mol. The molecule has 1 aromatic carbocycles. The van der Waals surface area contributed by atoms with Crippen molar-refractivity contribution in [1.29, 1.82) is 0 Å². The van der Waals surface area contributed by atoms with Crippen molar-refractivity contribution in [3.63, 3.8) is 0 Å². The maximum absolute atomic E-state index is 11.7. The predicted molar refractivity (Wildman–Crippen MR) is 78.2 cm³/mol. The molecular weight excluding hydrogens is 248 g/mol. The van der Waals surface area contributed by atoms with Gasteiger partial charge in [-0.15, -0.1) is 11.8 Å². The largest absolute Gasteiger partial charge is 0.495 e. The molecule has 0 saturated heterocycles. The molecule has 0 aliphatic rings. The van der Waals surface area contributed by atoms with Gasteiger partial charge in [0.05, 0.1) is 18.6 Å². The average molecular weight is 268 g/mol. The molecule has 0 spiro atoms. The number of rotatable bonds is 4. The van der Waals surface area contributed by atoms with E-state index in [0.29, 0.717) is 22.9 Å². The van der Waals surface area contributed by atoms with Crippen molar-refractivity contribution in [1.82, 2.24) is 0 Å². The number of hydrogen-bond donors (Lipinski definition) is 2. The van der Waals surface area contributed by atoms with Gasteiger partial charge in [-0.3, -0.25) is 4.79 Å². The Labute approximate surface area is 112 Å². The highest BCUT2D eigenvalue weighted by Gasteiger charge is 2.13. The summed E-state index contributed by atoms with van der Waals surface area (Å²) in [7, 11) is 1.56. The molecule has 4 nitrogen and oxygen atoms in total. The van der Waals surface area contributed by atoms with Crippen LogP contribution in [0, 0.1) is 0 Å². The maximum Gasteiger partial charge on any atom is 0.234 e. The number of nitrogens with one attached hydrogen (secondary N) is 1. The molecule has 0 fully saturated rings.